The second kappa shape index (κ2) is 10.0. The van der Waals surface area contributed by atoms with Gasteiger partial charge in [-0.1, -0.05) is 92.2 Å². The summed E-state index contributed by atoms with van der Waals surface area (Å²) in [5, 5.41) is 3.05. The van der Waals surface area contributed by atoms with Gasteiger partial charge in [-0.15, -0.1) is 0 Å². The maximum atomic E-state index is 13.2. The van der Waals surface area contributed by atoms with Crippen molar-refractivity contribution in [2.45, 2.75) is 32.7 Å². The molecule has 1 N–H and O–H groups in total. The Balaban J connectivity index is 1.92. The van der Waals surface area contributed by atoms with Crippen LogP contribution in [0.15, 0.2) is 78.9 Å². The summed E-state index contributed by atoms with van der Waals surface area (Å²) in [5.41, 5.74) is 4.40. The number of hydrogen-bond donors (Lipinski definition) is 1. The van der Waals surface area contributed by atoms with Crippen LogP contribution in [0.2, 0.25) is 0 Å². The highest BCUT2D eigenvalue weighted by Crippen LogP contribution is 2.29. The second-order valence-electron chi connectivity index (χ2n) is 8.31. The van der Waals surface area contributed by atoms with Gasteiger partial charge >= 0.3 is 0 Å². The minimum absolute atomic E-state index is 0.114. The van der Waals surface area contributed by atoms with Crippen LogP contribution in [0.25, 0.3) is 0 Å². The zero-order valence-corrected chi connectivity index (χ0v) is 19.8. The third-order valence-electron chi connectivity index (χ3n) is 5.36. The van der Waals surface area contributed by atoms with E-state index in [1.807, 2.05) is 87.5 Å². The number of amides is 1. The molecule has 1 amide bonds. The Bertz CT molecular complexity index is 1160. The number of carbonyl (C=O) groups excluding carboxylic acids is 1. The maximum Gasteiger partial charge on any atom is 0.241 e. The lowest BCUT2D eigenvalue weighted by Crippen LogP contribution is -2.42. The number of carbonyl (C=O) groups is 1. The van der Waals surface area contributed by atoms with Gasteiger partial charge in [0.2, 0.25) is 15.9 Å². The standard InChI is InChI=1S/C26H30N2O3S/c1-19(2)23-12-8-9-13-24(23)28(32(4,30)31)18-25(29)27-26(21-10-6-5-7-11-21)22-16-14-20(3)15-17-22/h5-17,19,26H,18H2,1-4H3,(H,27,29). The van der Waals surface area contributed by atoms with E-state index in [4.69, 9.17) is 0 Å². The first-order valence-corrected chi connectivity index (χ1v) is 12.5. The molecular weight excluding hydrogens is 420 g/mol. The van der Waals surface area contributed by atoms with E-state index >= 15 is 0 Å². The Morgan fingerprint density at radius 3 is 2.03 bits per heavy atom. The van der Waals surface area contributed by atoms with E-state index < -0.39 is 10.0 Å². The zero-order chi connectivity index (χ0) is 23.3. The predicted molar refractivity (Wildman–Crippen MR) is 130 cm³/mol. The first kappa shape index (κ1) is 23.5. The predicted octanol–water partition coefficient (Wildman–Crippen LogP) is 4.79. The number of nitrogens with zero attached hydrogens (tertiary/aromatic N) is 1. The third-order valence-corrected chi connectivity index (χ3v) is 6.49. The Kier molecular flexibility index (Phi) is 7.36. The largest absolute Gasteiger partial charge is 0.344 e. The normalized spacial score (nSPS) is 12.4. The average Bonchev–Trinajstić information content (AvgIpc) is 2.76. The van der Waals surface area contributed by atoms with E-state index in [0.29, 0.717) is 5.69 Å². The van der Waals surface area contributed by atoms with Gasteiger partial charge in [-0.3, -0.25) is 9.10 Å². The molecule has 0 spiro atoms. The molecule has 32 heavy (non-hydrogen) atoms. The van der Waals surface area contributed by atoms with Gasteiger partial charge in [-0.2, -0.15) is 0 Å². The van der Waals surface area contributed by atoms with E-state index in [-0.39, 0.29) is 24.4 Å². The average molecular weight is 451 g/mol. The maximum absolute atomic E-state index is 13.2. The molecule has 0 bridgehead atoms. The van der Waals surface area contributed by atoms with Crippen molar-refractivity contribution in [3.05, 3.63) is 101 Å². The highest BCUT2D eigenvalue weighted by atomic mass is 32.2. The van der Waals surface area contributed by atoms with Crippen LogP contribution in [0.3, 0.4) is 0 Å². The zero-order valence-electron chi connectivity index (χ0n) is 18.9. The molecule has 0 aromatic heterocycles. The summed E-state index contributed by atoms with van der Waals surface area (Å²) >= 11 is 0. The summed E-state index contributed by atoms with van der Waals surface area (Å²) in [4.78, 5) is 13.2. The Morgan fingerprint density at radius 1 is 0.875 bits per heavy atom. The number of hydrogen-bond acceptors (Lipinski definition) is 3. The lowest BCUT2D eigenvalue weighted by Gasteiger charge is -2.27. The summed E-state index contributed by atoms with van der Waals surface area (Å²) < 4.78 is 26.5. The molecule has 0 saturated carbocycles. The monoisotopic (exact) mass is 450 g/mol. The van der Waals surface area contributed by atoms with Crippen LogP contribution in [-0.4, -0.2) is 27.1 Å². The van der Waals surface area contributed by atoms with E-state index in [9.17, 15) is 13.2 Å². The third kappa shape index (κ3) is 5.77. The molecule has 0 aliphatic carbocycles. The fourth-order valence-electron chi connectivity index (χ4n) is 3.68. The minimum Gasteiger partial charge on any atom is -0.344 e. The number of para-hydroxylation sites is 1. The van der Waals surface area contributed by atoms with Crippen LogP contribution >= 0.6 is 0 Å². The Labute approximate surface area is 191 Å². The second-order valence-corrected chi connectivity index (χ2v) is 10.2. The summed E-state index contributed by atoms with van der Waals surface area (Å²) in [6.45, 7) is 5.72. The molecule has 3 aromatic rings. The van der Waals surface area contributed by atoms with Gasteiger partial charge in [0.15, 0.2) is 0 Å². The van der Waals surface area contributed by atoms with Crippen molar-refractivity contribution in [3.63, 3.8) is 0 Å². The molecule has 168 valence electrons. The van der Waals surface area contributed by atoms with Gasteiger partial charge in [-0.25, -0.2) is 8.42 Å². The van der Waals surface area contributed by atoms with Crippen molar-refractivity contribution in [1.29, 1.82) is 0 Å². The van der Waals surface area contributed by atoms with Gasteiger partial charge < -0.3 is 5.32 Å². The van der Waals surface area contributed by atoms with Crippen LogP contribution in [-0.2, 0) is 14.8 Å². The lowest BCUT2D eigenvalue weighted by molar-refractivity contribution is -0.120. The van der Waals surface area contributed by atoms with E-state index in [0.717, 1.165) is 28.5 Å². The molecule has 6 heteroatoms. The molecule has 1 atom stereocenters. The van der Waals surface area contributed by atoms with Crippen LogP contribution < -0.4 is 9.62 Å². The highest BCUT2D eigenvalue weighted by molar-refractivity contribution is 7.92. The van der Waals surface area contributed by atoms with Crippen molar-refractivity contribution in [2.24, 2.45) is 0 Å². The van der Waals surface area contributed by atoms with Crippen molar-refractivity contribution in [1.82, 2.24) is 5.32 Å². The number of benzene rings is 3. The number of aryl methyl sites for hydroxylation is 1. The van der Waals surface area contributed by atoms with Gasteiger partial charge in [-0.05, 0) is 35.6 Å². The molecular formula is C26H30N2O3S. The Hall–Kier alpha value is -3.12. The van der Waals surface area contributed by atoms with Crippen LogP contribution in [0.5, 0.6) is 0 Å². The molecule has 5 nitrogen and oxygen atoms in total. The first-order valence-electron chi connectivity index (χ1n) is 10.6. The van der Waals surface area contributed by atoms with E-state index in [1.165, 1.54) is 4.31 Å². The van der Waals surface area contributed by atoms with Crippen LogP contribution in [0.1, 0.15) is 48.1 Å². The smallest absolute Gasteiger partial charge is 0.241 e. The molecule has 0 aliphatic rings. The first-order chi connectivity index (χ1) is 15.2. The molecule has 3 rings (SSSR count). The molecule has 0 heterocycles. The fraction of sp³-hybridized carbons (Fsp3) is 0.269. The van der Waals surface area contributed by atoms with Gasteiger partial charge in [0, 0.05) is 0 Å². The van der Waals surface area contributed by atoms with E-state index in [2.05, 4.69) is 5.32 Å². The summed E-state index contributed by atoms with van der Waals surface area (Å²) in [6, 6.07) is 24.6. The number of sulfonamides is 1. The number of rotatable bonds is 8. The van der Waals surface area contributed by atoms with Crippen molar-refractivity contribution in [2.75, 3.05) is 17.1 Å². The van der Waals surface area contributed by atoms with Crippen molar-refractivity contribution < 1.29 is 13.2 Å². The fourth-order valence-corrected chi connectivity index (χ4v) is 4.56. The molecule has 0 radical (unpaired) electrons. The minimum atomic E-state index is -3.67. The Morgan fingerprint density at radius 2 is 1.44 bits per heavy atom. The highest BCUT2D eigenvalue weighted by Gasteiger charge is 2.25. The van der Waals surface area contributed by atoms with Crippen molar-refractivity contribution >= 4 is 21.6 Å². The van der Waals surface area contributed by atoms with E-state index in [1.54, 1.807) is 12.1 Å². The molecule has 0 fully saturated rings. The number of nitrogens with one attached hydrogen (secondary N) is 1. The molecule has 0 aliphatic heterocycles. The quantitative estimate of drug-likeness (QED) is 0.537. The lowest BCUT2D eigenvalue weighted by atomic mass is 9.97. The molecule has 3 aromatic carbocycles. The summed E-state index contributed by atoms with van der Waals surface area (Å²) in [7, 11) is -3.67. The summed E-state index contributed by atoms with van der Waals surface area (Å²) in [6.07, 6.45) is 1.13. The summed E-state index contributed by atoms with van der Waals surface area (Å²) in [5.74, 6) is -0.258. The topological polar surface area (TPSA) is 66.5 Å². The molecule has 1 unspecified atom stereocenters. The van der Waals surface area contributed by atoms with Gasteiger partial charge in [0.05, 0.1) is 18.0 Å². The van der Waals surface area contributed by atoms with Crippen molar-refractivity contribution in [3.8, 4) is 0 Å². The number of anilines is 1. The van der Waals surface area contributed by atoms with Crippen LogP contribution in [0, 0.1) is 6.92 Å². The molecule has 0 saturated heterocycles. The SMILES string of the molecule is Cc1ccc(C(NC(=O)CN(c2ccccc2C(C)C)S(C)(=O)=O)c2ccccc2)cc1. The van der Waals surface area contributed by atoms with Gasteiger partial charge in [0.1, 0.15) is 6.54 Å². The van der Waals surface area contributed by atoms with Crippen LogP contribution in [0.4, 0.5) is 5.69 Å². The van der Waals surface area contributed by atoms with Gasteiger partial charge in [0.25, 0.3) is 0 Å².